The van der Waals surface area contributed by atoms with Gasteiger partial charge in [-0.15, -0.1) is 0 Å². The van der Waals surface area contributed by atoms with Gasteiger partial charge in [0.25, 0.3) is 29.5 Å². The first-order chi connectivity index (χ1) is 65.0. The van der Waals surface area contributed by atoms with Gasteiger partial charge in [0.05, 0.1) is 54.8 Å². The minimum Gasteiger partial charge on any atom is -0.395 e. The molecule has 15 rings (SSSR count). The fourth-order valence-electron chi connectivity index (χ4n) is 14.7. The van der Waals surface area contributed by atoms with Crippen LogP contribution in [0.1, 0.15) is 165 Å². The fourth-order valence-corrected chi connectivity index (χ4v) is 22.1. The van der Waals surface area contributed by atoms with Gasteiger partial charge in [0.15, 0.2) is 28.8 Å². The van der Waals surface area contributed by atoms with E-state index in [0.717, 1.165) is 88.1 Å². The van der Waals surface area contributed by atoms with Gasteiger partial charge in [-0.05, 0) is 239 Å². The summed E-state index contributed by atoms with van der Waals surface area (Å²) in [5, 5.41) is 65.5. The first kappa shape index (κ1) is 105. The third kappa shape index (κ3) is 27.2. The Morgan fingerprint density at radius 1 is 0.319 bits per heavy atom. The maximum Gasteiger partial charge on any atom is 0.433 e. The summed E-state index contributed by atoms with van der Waals surface area (Å²) in [5.74, 6) is -6.11. The highest BCUT2D eigenvalue weighted by molar-refractivity contribution is 7.90. The predicted octanol–water partition coefficient (Wildman–Crippen LogP) is 15.2. The minimum absolute atomic E-state index is 0.0337. The van der Waals surface area contributed by atoms with Crippen molar-refractivity contribution in [2.24, 2.45) is 22.7 Å². The average molecular weight is 2010 g/mol. The number of alkyl halides is 1. The van der Waals surface area contributed by atoms with Gasteiger partial charge in [0.2, 0.25) is 50.1 Å². The molecule has 0 atom stereocenters. The van der Waals surface area contributed by atoms with Gasteiger partial charge in [-0.2, -0.15) is 21.5 Å². The molecule has 51 heteroatoms. The van der Waals surface area contributed by atoms with E-state index in [1.54, 1.807) is 0 Å². The van der Waals surface area contributed by atoms with Crippen molar-refractivity contribution in [2.45, 2.75) is 143 Å². The van der Waals surface area contributed by atoms with Crippen molar-refractivity contribution in [3.05, 3.63) is 261 Å². The van der Waals surface area contributed by atoms with Crippen molar-refractivity contribution < 1.29 is 117 Å². The molecular formula is C87H98FN15O30S5. The summed E-state index contributed by atoms with van der Waals surface area (Å²) in [5.41, 5.74) is 2.00. The number of nitro groups is 5. The number of rotatable bonds is 25. The molecule has 10 heterocycles. The normalized spacial score (nSPS) is 16.3. The maximum absolute atomic E-state index is 13.2. The molecule has 10 aromatic rings. The van der Waals surface area contributed by atoms with E-state index in [-0.39, 0.29) is 90.0 Å². The third-order valence-electron chi connectivity index (χ3n) is 22.9. The summed E-state index contributed by atoms with van der Waals surface area (Å²) in [7, 11) is -18.0. The Bertz CT molecular complexity index is 6530. The average Bonchev–Trinajstić information content (AvgIpc) is 0.881. The first-order valence-corrected chi connectivity index (χ1v) is 50.1. The van der Waals surface area contributed by atoms with Crippen molar-refractivity contribution in [1.82, 2.24) is 21.5 Å². The maximum atomic E-state index is 13.2. The van der Waals surface area contributed by atoms with Crippen LogP contribution in [0.15, 0.2) is 229 Å². The summed E-state index contributed by atoms with van der Waals surface area (Å²) >= 11 is 0. The predicted molar refractivity (Wildman–Crippen MR) is 494 cm³/mol. The Balaban J connectivity index is 0.000000165. The number of hydrogen-bond acceptors (Lipinski definition) is 30. The second kappa shape index (κ2) is 44.6. The SMILES string of the molecule is CC(C)(C)C1CCN(S(=O)(=O)c2ccc(NC(=O)c3ccc([N+](=O)[O-])o3)cc2)CC1.CC1(C)CCN(S(=O)(=O)c2ccc(NC(=O)c3ccc([N+](=O)[O-])o3)cc2)CC1.CC1CCN(S(=O)(=O)c2ccc(NC(=O)c3ccc([N+](=O)[O-])o3)cc2)CC1.O=C(Nc1ccc(S(=O)(=O)N2CCC(F)CC2)cc1)c1ccc([N+](=O)[O-])o1.O=C(Nc1ccc(S(=O)(=O)N2CCCCC2)cc1)c1ccc([N+](=O)[O-])o1. The molecule has 738 valence electrons. The zero-order chi connectivity index (χ0) is 101. The van der Waals surface area contributed by atoms with Gasteiger partial charge < -0.3 is 48.7 Å². The summed E-state index contributed by atoms with van der Waals surface area (Å²) < 4.78 is 172. The van der Waals surface area contributed by atoms with Gasteiger partial charge in [-0.1, -0.05) is 48.0 Å². The third-order valence-corrected chi connectivity index (χ3v) is 32.5. The molecule has 5 saturated heterocycles. The zero-order valence-corrected chi connectivity index (χ0v) is 79.1. The van der Waals surface area contributed by atoms with Crippen LogP contribution >= 0.6 is 0 Å². The summed E-state index contributed by atoms with van der Waals surface area (Å²) in [6.45, 7) is 17.1. The summed E-state index contributed by atoms with van der Waals surface area (Å²) in [6.07, 6.45) is 7.01. The highest BCUT2D eigenvalue weighted by atomic mass is 32.2. The largest absolute Gasteiger partial charge is 0.433 e. The molecule has 5 N–H and O–H groups in total. The Morgan fingerprint density at radius 3 is 0.732 bits per heavy atom. The molecule has 0 bridgehead atoms. The number of nitrogens with one attached hydrogen (secondary N) is 5. The van der Waals surface area contributed by atoms with E-state index < -0.39 is 140 Å². The van der Waals surface area contributed by atoms with Crippen LogP contribution in [0.3, 0.4) is 0 Å². The Kier molecular flexibility index (Phi) is 33.9. The van der Waals surface area contributed by atoms with Crippen LogP contribution in [0.25, 0.3) is 0 Å². The number of hydrogen-bond donors (Lipinski definition) is 5. The van der Waals surface area contributed by atoms with Crippen LogP contribution in [0.4, 0.5) is 62.2 Å². The van der Waals surface area contributed by atoms with Crippen molar-refractivity contribution >= 4 is 138 Å². The molecule has 0 aliphatic carbocycles. The molecule has 0 unspecified atom stereocenters. The van der Waals surface area contributed by atoms with Crippen LogP contribution in [-0.4, -0.2) is 189 Å². The number of nitrogens with zero attached hydrogens (tertiary/aromatic N) is 10. The van der Waals surface area contributed by atoms with Crippen LogP contribution < -0.4 is 26.6 Å². The molecule has 5 amide bonds. The monoisotopic (exact) mass is 2010 g/mol. The number of piperidine rings is 5. The van der Waals surface area contributed by atoms with E-state index in [0.29, 0.717) is 92.6 Å². The first-order valence-electron chi connectivity index (χ1n) is 42.9. The van der Waals surface area contributed by atoms with E-state index >= 15 is 0 Å². The van der Waals surface area contributed by atoms with Crippen molar-refractivity contribution in [1.29, 1.82) is 0 Å². The standard InChI is InChI=1S/C20H25N3O6S.C18H21N3O6S.C17H19N3O6S.C16H16FN3O6S.C16H17N3O6S/c1-20(2,3)14-10-12-22(13-11-14)30(27,28)16-6-4-15(5-7-16)21-19(24)17-8-9-18(29-17)23(25)26;1-18(2)9-11-20(12-10-18)28(25,26)14-5-3-13(4-6-14)19-17(22)15-7-8-16(27-15)21(23)24;1-12-8-10-19(11-9-12)27(24,25)14-4-2-13(3-5-14)18-17(21)15-6-7-16(26-15)20(22)23;17-11-7-9-19(10-8-11)27(24,25)13-3-1-12(2-4-13)18-16(21)14-5-6-15(26-14)20(22)23;20-16(14-8-9-15(25-14)19(21)22)17-12-4-6-13(7-5-12)26(23,24)18-10-2-1-3-11-18/h4-9,14H,10-13H2,1-3H3,(H,21,24);3-8H,9-12H2,1-2H3,(H,19,22);2-7,12H,8-11H2,1H3,(H,18,21);1-6,11H,7-10H2,(H,18,21);4-9H,1-3,10-11H2,(H,17,20). The molecule has 138 heavy (non-hydrogen) atoms. The zero-order valence-electron chi connectivity index (χ0n) is 75.0. The molecule has 5 aliphatic rings. The van der Waals surface area contributed by atoms with E-state index in [2.05, 4.69) is 68.1 Å². The molecular weight excluding hydrogens is 1910 g/mol. The Hall–Kier alpha value is -13.7. The van der Waals surface area contributed by atoms with E-state index in [1.165, 1.54) is 173 Å². The van der Waals surface area contributed by atoms with E-state index in [4.69, 9.17) is 22.1 Å². The van der Waals surface area contributed by atoms with Crippen molar-refractivity contribution in [3.63, 3.8) is 0 Å². The number of anilines is 5. The molecule has 5 fully saturated rings. The number of carbonyl (C=O) groups is 5. The van der Waals surface area contributed by atoms with Gasteiger partial charge in [-0.25, -0.2) is 46.5 Å². The lowest BCUT2D eigenvalue weighted by molar-refractivity contribution is -0.402. The fraction of sp³-hybridized carbons (Fsp3) is 0.368. The van der Waals surface area contributed by atoms with Crippen molar-refractivity contribution in [2.75, 3.05) is 92.0 Å². The number of sulfonamides is 5. The Morgan fingerprint density at radius 2 is 0.522 bits per heavy atom. The van der Waals surface area contributed by atoms with Gasteiger partial charge >= 0.3 is 29.4 Å². The number of furan rings is 5. The molecule has 0 saturated carbocycles. The van der Waals surface area contributed by atoms with Crippen LogP contribution in [0.5, 0.6) is 0 Å². The molecule has 5 aromatic carbocycles. The number of benzene rings is 5. The second-order valence-electron chi connectivity index (χ2n) is 34.1. The summed E-state index contributed by atoms with van der Waals surface area (Å²) in [6, 6.07) is 40.0. The molecule has 0 radical (unpaired) electrons. The number of amides is 5. The van der Waals surface area contributed by atoms with Gasteiger partial charge in [0.1, 0.15) is 30.8 Å². The quantitative estimate of drug-likeness (QED) is 0.0262. The van der Waals surface area contributed by atoms with Crippen LogP contribution in [-0.2, 0) is 50.1 Å². The van der Waals surface area contributed by atoms with E-state index in [1.807, 2.05) is 0 Å². The van der Waals surface area contributed by atoms with Gasteiger partial charge in [-0.3, -0.25) is 74.5 Å². The Labute approximate surface area is 790 Å². The number of carbonyl (C=O) groups excluding carboxylic acids is 5. The topological polar surface area (TPSA) is 614 Å². The van der Waals surface area contributed by atoms with Crippen LogP contribution in [0, 0.1) is 73.2 Å². The molecule has 5 aliphatic heterocycles. The molecule has 5 aromatic heterocycles. The lowest BCUT2D eigenvalue weighted by Gasteiger charge is -2.38. The highest BCUT2D eigenvalue weighted by Crippen LogP contribution is 2.38. The van der Waals surface area contributed by atoms with Crippen LogP contribution in [0.2, 0.25) is 0 Å². The smallest absolute Gasteiger partial charge is 0.395 e. The number of halogens is 1. The lowest BCUT2D eigenvalue weighted by atomic mass is 9.76. The summed E-state index contributed by atoms with van der Waals surface area (Å²) in [4.78, 5) is 110. The minimum atomic E-state index is -3.73. The van der Waals surface area contributed by atoms with Gasteiger partial charge in [0, 0.05) is 93.9 Å². The van der Waals surface area contributed by atoms with E-state index in [9.17, 15) is 121 Å². The highest BCUT2D eigenvalue weighted by Gasteiger charge is 2.38. The molecule has 45 nitrogen and oxygen atoms in total. The lowest BCUT2D eigenvalue weighted by Crippen LogP contribution is -2.41. The van der Waals surface area contributed by atoms with Crippen molar-refractivity contribution in [3.8, 4) is 0 Å². The second-order valence-corrected chi connectivity index (χ2v) is 43.8. The molecule has 0 spiro atoms.